The van der Waals surface area contributed by atoms with Crippen LogP contribution in [0.15, 0.2) is 18.3 Å². The zero-order chi connectivity index (χ0) is 11.3. The SMILES string of the molecule is CS(=O)(=O)CCCNc1ncccc1N. The van der Waals surface area contributed by atoms with Crippen molar-refractivity contribution in [3.63, 3.8) is 0 Å². The van der Waals surface area contributed by atoms with Crippen LogP contribution in [0.4, 0.5) is 11.5 Å². The number of rotatable bonds is 5. The number of nitrogens with one attached hydrogen (secondary N) is 1. The van der Waals surface area contributed by atoms with Gasteiger partial charge in [-0.25, -0.2) is 13.4 Å². The highest BCUT2D eigenvalue weighted by atomic mass is 32.2. The molecule has 6 heteroatoms. The lowest BCUT2D eigenvalue weighted by Gasteiger charge is -2.06. The number of hydrogen-bond donors (Lipinski definition) is 2. The summed E-state index contributed by atoms with van der Waals surface area (Å²) in [6, 6.07) is 3.49. The highest BCUT2D eigenvalue weighted by Gasteiger charge is 2.02. The van der Waals surface area contributed by atoms with Crippen molar-refractivity contribution in [2.75, 3.05) is 29.6 Å². The van der Waals surface area contributed by atoms with Crippen LogP contribution in [-0.4, -0.2) is 32.0 Å². The molecule has 0 radical (unpaired) electrons. The molecule has 0 aromatic carbocycles. The van der Waals surface area contributed by atoms with Gasteiger partial charge in [0.25, 0.3) is 0 Å². The van der Waals surface area contributed by atoms with E-state index in [4.69, 9.17) is 5.73 Å². The van der Waals surface area contributed by atoms with Crippen molar-refractivity contribution in [3.05, 3.63) is 18.3 Å². The van der Waals surface area contributed by atoms with Crippen molar-refractivity contribution in [1.82, 2.24) is 4.98 Å². The molecule has 0 bridgehead atoms. The molecule has 3 N–H and O–H groups in total. The Kier molecular flexibility index (Phi) is 3.90. The quantitative estimate of drug-likeness (QED) is 0.719. The zero-order valence-electron chi connectivity index (χ0n) is 8.60. The molecule has 0 spiro atoms. The third-order valence-corrected chi connectivity index (χ3v) is 2.85. The van der Waals surface area contributed by atoms with Gasteiger partial charge >= 0.3 is 0 Å². The minimum Gasteiger partial charge on any atom is -0.396 e. The minimum absolute atomic E-state index is 0.173. The number of hydrogen-bond acceptors (Lipinski definition) is 5. The molecule has 0 amide bonds. The molecule has 5 nitrogen and oxygen atoms in total. The maximum absolute atomic E-state index is 10.8. The third kappa shape index (κ3) is 4.64. The second-order valence-corrected chi connectivity index (χ2v) is 5.61. The minimum atomic E-state index is -2.88. The summed E-state index contributed by atoms with van der Waals surface area (Å²) in [5.74, 6) is 0.776. The van der Waals surface area contributed by atoms with E-state index in [-0.39, 0.29) is 5.75 Å². The standard InChI is InChI=1S/C9H15N3O2S/c1-15(13,14)7-3-6-12-9-8(10)4-2-5-11-9/h2,4-5H,3,6-7,10H2,1H3,(H,11,12). The molecular formula is C9H15N3O2S. The lowest BCUT2D eigenvalue weighted by Crippen LogP contribution is -2.11. The first-order valence-corrected chi connectivity index (χ1v) is 6.67. The first kappa shape index (κ1) is 11.8. The highest BCUT2D eigenvalue weighted by molar-refractivity contribution is 7.90. The van der Waals surface area contributed by atoms with Gasteiger partial charge in [-0.2, -0.15) is 0 Å². The fraction of sp³-hybridized carbons (Fsp3) is 0.444. The predicted molar refractivity (Wildman–Crippen MR) is 61.5 cm³/mol. The Balaban J connectivity index is 2.36. The van der Waals surface area contributed by atoms with Gasteiger partial charge < -0.3 is 11.1 Å². The Bertz CT molecular complexity index is 417. The number of nitrogen functional groups attached to an aromatic ring is 1. The van der Waals surface area contributed by atoms with E-state index in [2.05, 4.69) is 10.3 Å². The molecule has 1 rings (SSSR count). The van der Waals surface area contributed by atoms with Crippen molar-refractivity contribution in [2.24, 2.45) is 0 Å². The molecule has 84 valence electrons. The van der Waals surface area contributed by atoms with Crippen LogP contribution in [0.3, 0.4) is 0 Å². The van der Waals surface area contributed by atoms with E-state index in [1.807, 2.05) is 0 Å². The highest BCUT2D eigenvalue weighted by Crippen LogP contribution is 2.12. The molecule has 0 aliphatic carbocycles. The van der Waals surface area contributed by atoms with Crippen molar-refractivity contribution in [1.29, 1.82) is 0 Å². The molecule has 0 unspecified atom stereocenters. The number of pyridine rings is 1. The molecule has 1 aromatic heterocycles. The predicted octanol–water partition coefficient (Wildman–Crippen LogP) is 0.510. The van der Waals surface area contributed by atoms with E-state index in [1.165, 1.54) is 6.26 Å². The molecule has 1 heterocycles. The van der Waals surface area contributed by atoms with E-state index in [0.29, 0.717) is 24.5 Å². The smallest absolute Gasteiger partial charge is 0.149 e. The average Bonchev–Trinajstić information content (AvgIpc) is 2.13. The van der Waals surface area contributed by atoms with E-state index >= 15 is 0 Å². The van der Waals surface area contributed by atoms with Crippen molar-refractivity contribution < 1.29 is 8.42 Å². The first-order valence-electron chi connectivity index (χ1n) is 4.61. The van der Waals surface area contributed by atoms with Crippen molar-refractivity contribution in [3.8, 4) is 0 Å². The normalized spacial score (nSPS) is 11.3. The fourth-order valence-electron chi connectivity index (χ4n) is 1.11. The lowest BCUT2D eigenvalue weighted by molar-refractivity contribution is 0.600. The largest absolute Gasteiger partial charge is 0.396 e. The third-order valence-electron chi connectivity index (χ3n) is 1.82. The summed E-state index contributed by atoms with van der Waals surface area (Å²) in [6.45, 7) is 0.550. The van der Waals surface area contributed by atoms with Crippen LogP contribution in [-0.2, 0) is 9.84 Å². The number of nitrogens with two attached hydrogens (primary N) is 1. The summed E-state index contributed by atoms with van der Waals surface area (Å²) in [6.07, 6.45) is 3.41. The van der Waals surface area contributed by atoms with Crippen LogP contribution in [0.25, 0.3) is 0 Å². The van der Waals surface area contributed by atoms with Gasteiger partial charge in [-0.15, -0.1) is 0 Å². The Morgan fingerprint density at radius 1 is 1.53 bits per heavy atom. The van der Waals surface area contributed by atoms with Gasteiger partial charge in [0, 0.05) is 19.0 Å². The van der Waals surface area contributed by atoms with Crippen LogP contribution in [0, 0.1) is 0 Å². The Hall–Kier alpha value is -1.30. The molecule has 1 aromatic rings. The van der Waals surface area contributed by atoms with Gasteiger partial charge in [0.1, 0.15) is 15.7 Å². The Morgan fingerprint density at radius 3 is 2.87 bits per heavy atom. The van der Waals surface area contributed by atoms with Crippen LogP contribution in [0.2, 0.25) is 0 Å². The molecule has 0 fully saturated rings. The number of aromatic nitrogens is 1. The summed E-state index contributed by atoms with van der Waals surface area (Å²) in [4.78, 5) is 4.03. The average molecular weight is 229 g/mol. The molecular weight excluding hydrogens is 214 g/mol. The zero-order valence-corrected chi connectivity index (χ0v) is 9.42. The topological polar surface area (TPSA) is 85.1 Å². The van der Waals surface area contributed by atoms with Gasteiger partial charge in [0.15, 0.2) is 0 Å². The summed E-state index contributed by atoms with van der Waals surface area (Å²) in [5.41, 5.74) is 6.21. The number of nitrogens with zero attached hydrogens (tertiary/aromatic N) is 1. The second kappa shape index (κ2) is 4.97. The molecule has 0 saturated heterocycles. The van der Waals surface area contributed by atoms with Gasteiger partial charge in [0.05, 0.1) is 11.4 Å². The first-order chi connectivity index (χ1) is 6.99. The maximum atomic E-state index is 10.8. The van der Waals surface area contributed by atoms with E-state index in [9.17, 15) is 8.42 Å². The second-order valence-electron chi connectivity index (χ2n) is 3.35. The van der Waals surface area contributed by atoms with Crippen molar-refractivity contribution in [2.45, 2.75) is 6.42 Å². The number of anilines is 2. The summed E-state index contributed by atoms with van der Waals surface area (Å²) in [5, 5.41) is 2.98. The summed E-state index contributed by atoms with van der Waals surface area (Å²) >= 11 is 0. The van der Waals surface area contributed by atoms with E-state index in [0.717, 1.165) is 0 Å². The van der Waals surface area contributed by atoms with E-state index < -0.39 is 9.84 Å². The molecule has 0 atom stereocenters. The molecule has 0 saturated carbocycles. The van der Waals surface area contributed by atoms with Gasteiger partial charge in [0.2, 0.25) is 0 Å². The molecule has 15 heavy (non-hydrogen) atoms. The van der Waals surface area contributed by atoms with Gasteiger partial charge in [-0.3, -0.25) is 0 Å². The van der Waals surface area contributed by atoms with Crippen LogP contribution in [0.1, 0.15) is 6.42 Å². The van der Waals surface area contributed by atoms with Crippen molar-refractivity contribution >= 4 is 21.3 Å². The van der Waals surface area contributed by atoms with Gasteiger partial charge in [-0.05, 0) is 18.6 Å². The number of sulfone groups is 1. The monoisotopic (exact) mass is 229 g/mol. The lowest BCUT2D eigenvalue weighted by atomic mass is 10.4. The summed E-state index contributed by atoms with van der Waals surface area (Å²) < 4.78 is 21.7. The summed E-state index contributed by atoms with van der Waals surface area (Å²) in [7, 11) is -2.88. The molecule has 0 aliphatic rings. The molecule has 0 aliphatic heterocycles. The van der Waals surface area contributed by atoms with Crippen LogP contribution < -0.4 is 11.1 Å². The van der Waals surface area contributed by atoms with Crippen LogP contribution in [0.5, 0.6) is 0 Å². The fourth-order valence-corrected chi connectivity index (χ4v) is 1.78. The Morgan fingerprint density at radius 2 is 2.27 bits per heavy atom. The maximum Gasteiger partial charge on any atom is 0.149 e. The van der Waals surface area contributed by atoms with Gasteiger partial charge in [-0.1, -0.05) is 0 Å². The Labute approximate surface area is 89.6 Å². The van der Waals surface area contributed by atoms with Crippen LogP contribution >= 0.6 is 0 Å². The van der Waals surface area contributed by atoms with E-state index in [1.54, 1.807) is 18.3 Å².